The third-order valence-corrected chi connectivity index (χ3v) is 3.86. The zero-order valence-corrected chi connectivity index (χ0v) is 11.0. The number of benzene rings is 1. The van der Waals surface area contributed by atoms with E-state index < -0.39 is 0 Å². The van der Waals surface area contributed by atoms with Crippen molar-refractivity contribution in [2.24, 2.45) is 5.41 Å². The molecule has 0 radical (unpaired) electrons. The molecule has 0 bridgehead atoms. The van der Waals surface area contributed by atoms with E-state index in [1.165, 1.54) is 31.7 Å². The summed E-state index contributed by atoms with van der Waals surface area (Å²) in [6.07, 6.45) is 5.22. The van der Waals surface area contributed by atoms with E-state index in [2.05, 4.69) is 12.2 Å². The van der Waals surface area contributed by atoms with Crippen LogP contribution in [0.5, 0.6) is 0 Å². The molecule has 0 aromatic heterocycles. The van der Waals surface area contributed by atoms with Crippen LogP contribution in [0.15, 0.2) is 18.2 Å². The van der Waals surface area contributed by atoms with E-state index in [0.717, 1.165) is 18.7 Å². The Morgan fingerprint density at radius 1 is 1.41 bits per heavy atom. The van der Waals surface area contributed by atoms with Crippen LogP contribution in [-0.2, 0) is 6.54 Å². The Morgan fingerprint density at radius 3 is 2.76 bits per heavy atom. The van der Waals surface area contributed by atoms with Crippen LogP contribution in [0, 0.1) is 11.2 Å². The fourth-order valence-electron chi connectivity index (χ4n) is 2.34. The number of halogens is 2. The quantitative estimate of drug-likeness (QED) is 0.805. The molecule has 94 valence electrons. The average Bonchev–Trinajstić information content (AvgIpc) is 3.04. The highest BCUT2D eigenvalue weighted by atomic mass is 35.5. The Balaban J connectivity index is 1.80. The van der Waals surface area contributed by atoms with Gasteiger partial charge >= 0.3 is 0 Å². The van der Waals surface area contributed by atoms with E-state index in [-0.39, 0.29) is 10.8 Å². The molecule has 0 spiro atoms. The Morgan fingerprint density at radius 2 is 2.18 bits per heavy atom. The lowest BCUT2D eigenvalue weighted by Crippen LogP contribution is -2.23. The van der Waals surface area contributed by atoms with E-state index in [9.17, 15) is 4.39 Å². The molecule has 1 fully saturated rings. The molecule has 0 heterocycles. The topological polar surface area (TPSA) is 12.0 Å². The third-order valence-electron chi connectivity index (χ3n) is 3.55. The molecule has 2 rings (SSSR count). The SMILES string of the molecule is CCCC1(CNCc2ccc(Cl)c(F)c2)CC1. The van der Waals surface area contributed by atoms with Crippen LogP contribution in [-0.4, -0.2) is 6.54 Å². The normalized spacial score (nSPS) is 17.1. The second-order valence-corrected chi connectivity index (χ2v) is 5.51. The lowest BCUT2D eigenvalue weighted by atomic mass is 10.0. The smallest absolute Gasteiger partial charge is 0.142 e. The second kappa shape index (κ2) is 5.36. The molecule has 17 heavy (non-hydrogen) atoms. The van der Waals surface area contributed by atoms with E-state index >= 15 is 0 Å². The first-order valence-corrected chi connectivity index (χ1v) is 6.68. The summed E-state index contributed by atoms with van der Waals surface area (Å²) in [5, 5.41) is 3.62. The van der Waals surface area contributed by atoms with Gasteiger partial charge in [-0.05, 0) is 42.4 Å². The molecule has 3 heteroatoms. The van der Waals surface area contributed by atoms with Crippen LogP contribution >= 0.6 is 11.6 Å². The van der Waals surface area contributed by atoms with Gasteiger partial charge in [0, 0.05) is 13.1 Å². The van der Waals surface area contributed by atoms with Gasteiger partial charge in [0.05, 0.1) is 5.02 Å². The molecule has 0 aliphatic heterocycles. The minimum Gasteiger partial charge on any atom is -0.312 e. The monoisotopic (exact) mass is 255 g/mol. The van der Waals surface area contributed by atoms with Gasteiger partial charge in [-0.15, -0.1) is 0 Å². The minimum atomic E-state index is -0.333. The van der Waals surface area contributed by atoms with Crippen molar-refractivity contribution < 1.29 is 4.39 Å². The number of hydrogen-bond acceptors (Lipinski definition) is 1. The molecule has 0 unspecified atom stereocenters. The predicted octanol–water partition coefficient (Wildman–Crippen LogP) is 4.15. The van der Waals surface area contributed by atoms with Gasteiger partial charge in [0.1, 0.15) is 5.82 Å². The summed E-state index contributed by atoms with van der Waals surface area (Å²) in [5.74, 6) is -0.333. The first-order valence-electron chi connectivity index (χ1n) is 6.30. The standard InChI is InChI=1S/C14H19ClFN/c1-2-5-14(6-7-14)10-17-9-11-3-4-12(15)13(16)8-11/h3-4,8,17H,2,5-7,9-10H2,1H3. The molecule has 1 saturated carbocycles. The summed E-state index contributed by atoms with van der Waals surface area (Å²) in [6, 6.07) is 5.00. The van der Waals surface area contributed by atoms with Crippen LogP contribution in [0.4, 0.5) is 4.39 Å². The Labute approximate surface area is 107 Å². The summed E-state index contributed by atoms with van der Waals surface area (Å²) < 4.78 is 13.2. The van der Waals surface area contributed by atoms with Gasteiger partial charge in [-0.25, -0.2) is 4.39 Å². The summed E-state index contributed by atoms with van der Waals surface area (Å²) in [6.45, 7) is 4.00. The van der Waals surface area contributed by atoms with E-state index in [0.29, 0.717) is 5.41 Å². The van der Waals surface area contributed by atoms with Gasteiger partial charge in [-0.2, -0.15) is 0 Å². The highest BCUT2D eigenvalue weighted by Crippen LogP contribution is 2.48. The predicted molar refractivity (Wildman–Crippen MR) is 69.7 cm³/mol. The molecular formula is C14H19ClFN. The lowest BCUT2D eigenvalue weighted by molar-refractivity contribution is 0.420. The summed E-state index contributed by atoms with van der Waals surface area (Å²) >= 11 is 5.64. The van der Waals surface area contributed by atoms with Crippen LogP contribution in [0.3, 0.4) is 0 Å². The lowest BCUT2D eigenvalue weighted by Gasteiger charge is -2.14. The van der Waals surface area contributed by atoms with E-state index in [1.807, 2.05) is 6.07 Å². The largest absolute Gasteiger partial charge is 0.312 e. The summed E-state index contributed by atoms with van der Waals surface area (Å²) in [5.41, 5.74) is 1.50. The molecule has 0 saturated heterocycles. The van der Waals surface area contributed by atoms with Crippen molar-refractivity contribution in [2.45, 2.75) is 39.2 Å². The fraction of sp³-hybridized carbons (Fsp3) is 0.571. The summed E-state index contributed by atoms with van der Waals surface area (Å²) in [4.78, 5) is 0. The van der Waals surface area contributed by atoms with Gasteiger partial charge in [-0.1, -0.05) is 31.0 Å². The Bertz CT molecular complexity index is 388. The Hall–Kier alpha value is -0.600. The molecular weight excluding hydrogens is 237 g/mol. The maximum absolute atomic E-state index is 13.2. The van der Waals surface area contributed by atoms with Crippen LogP contribution in [0.1, 0.15) is 38.2 Å². The molecule has 1 aromatic rings. The second-order valence-electron chi connectivity index (χ2n) is 5.10. The van der Waals surface area contributed by atoms with Crippen molar-refractivity contribution in [3.05, 3.63) is 34.6 Å². The Kier molecular flexibility index (Phi) is 4.05. The van der Waals surface area contributed by atoms with Crippen molar-refractivity contribution in [1.29, 1.82) is 0 Å². The highest BCUT2D eigenvalue weighted by molar-refractivity contribution is 6.30. The van der Waals surface area contributed by atoms with E-state index in [4.69, 9.17) is 11.6 Å². The van der Waals surface area contributed by atoms with Gasteiger partial charge in [0.2, 0.25) is 0 Å². The zero-order chi connectivity index (χ0) is 12.3. The molecule has 1 aromatic carbocycles. The van der Waals surface area contributed by atoms with Gasteiger partial charge < -0.3 is 5.32 Å². The van der Waals surface area contributed by atoms with Crippen LogP contribution in [0.2, 0.25) is 5.02 Å². The minimum absolute atomic E-state index is 0.193. The van der Waals surface area contributed by atoms with Gasteiger partial charge in [0.25, 0.3) is 0 Å². The molecule has 0 amide bonds. The van der Waals surface area contributed by atoms with Gasteiger partial charge in [-0.3, -0.25) is 0 Å². The highest BCUT2D eigenvalue weighted by Gasteiger charge is 2.40. The fourth-order valence-corrected chi connectivity index (χ4v) is 2.46. The molecule has 1 aliphatic carbocycles. The van der Waals surface area contributed by atoms with Crippen molar-refractivity contribution in [1.82, 2.24) is 5.32 Å². The maximum atomic E-state index is 13.2. The maximum Gasteiger partial charge on any atom is 0.142 e. The average molecular weight is 256 g/mol. The van der Waals surface area contributed by atoms with Gasteiger partial charge in [0.15, 0.2) is 0 Å². The van der Waals surface area contributed by atoms with Crippen LogP contribution < -0.4 is 5.32 Å². The molecule has 1 nitrogen and oxygen atoms in total. The molecule has 0 atom stereocenters. The number of nitrogens with one attached hydrogen (secondary N) is 1. The van der Waals surface area contributed by atoms with Crippen molar-refractivity contribution in [3.8, 4) is 0 Å². The van der Waals surface area contributed by atoms with Crippen molar-refractivity contribution in [3.63, 3.8) is 0 Å². The molecule has 1 aliphatic rings. The van der Waals surface area contributed by atoms with Crippen LogP contribution in [0.25, 0.3) is 0 Å². The first kappa shape index (κ1) is 12.8. The number of rotatable bonds is 6. The van der Waals surface area contributed by atoms with Crippen molar-refractivity contribution >= 4 is 11.6 Å². The van der Waals surface area contributed by atoms with E-state index in [1.54, 1.807) is 6.07 Å². The molecule has 1 N–H and O–H groups in total. The zero-order valence-electron chi connectivity index (χ0n) is 10.2. The van der Waals surface area contributed by atoms with Crippen molar-refractivity contribution in [2.75, 3.05) is 6.54 Å². The third kappa shape index (κ3) is 3.43. The first-order chi connectivity index (χ1) is 8.15. The summed E-state index contributed by atoms with van der Waals surface area (Å²) in [7, 11) is 0. The number of hydrogen-bond donors (Lipinski definition) is 1.